The Balaban J connectivity index is 2.14. The molecule has 5 nitrogen and oxygen atoms in total. The molecule has 2 aromatic carbocycles. The van der Waals surface area contributed by atoms with Gasteiger partial charge >= 0.3 is 6.03 Å². The van der Waals surface area contributed by atoms with E-state index in [0.29, 0.717) is 0 Å². The topological polar surface area (TPSA) is 75.4 Å². The summed E-state index contributed by atoms with van der Waals surface area (Å²) < 4.78 is 13.9. The number of amides is 3. The van der Waals surface area contributed by atoms with Crippen LogP contribution in [0.15, 0.2) is 42.5 Å². The lowest BCUT2D eigenvalue weighted by Gasteiger charge is -2.23. The highest BCUT2D eigenvalue weighted by Gasteiger charge is 2.21. The number of nitrogens with one attached hydrogen (secondary N) is 1. The van der Waals surface area contributed by atoms with Crippen LogP contribution in [-0.2, 0) is 11.3 Å². The number of hydrogen-bond donors (Lipinski definition) is 2. The van der Waals surface area contributed by atoms with E-state index in [0.717, 1.165) is 11.1 Å². The molecule has 3 N–H and O–H groups in total. The smallest absolute Gasteiger partial charge is 0.312 e. The van der Waals surface area contributed by atoms with E-state index in [9.17, 15) is 14.0 Å². The first-order chi connectivity index (χ1) is 12.3. The summed E-state index contributed by atoms with van der Waals surface area (Å²) in [6.07, 6.45) is -0.00500. The van der Waals surface area contributed by atoms with Crippen molar-refractivity contribution in [2.45, 2.75) is 25.9 Å². The molecular formula is C19H21ClFN3O2. The number of primary amides is 1. The fraction of sp³-hybridized carbons (Fsp3) is 0.263. The van der Waals surface area contributed by atoms with E-state index in [4.69, 9.17) is 17.3 Å². The highest BCUT2D eigenvalue weighted by molar-refractivity contribution is 6.31. The second-order valence-electron chi connectivity index (χ2n) is 6.13. The maximum atomic E-state index is 13.9. The summed E-state index contributed by atoms with van der Waals surface area (Å²) in [5.74, 6) is -0.743. The van der Waals surface area contributed by atoms with Gasteiger partial charge in [-0.1, -0.05) is 47.5 Å². The van der Waals surface area contributed by atoms with E-state index in [1.165, 1.54) is 17.0 Å². The van der Waals surface area contributed by atoms with E-state index in [2.05, 4.69) is 5.32 Å². The number of nitrogens with zero attached hydrogens (tertiary/aromatic N) is 1. The molecule has 0 aromatic heterocycles. The molecule has 0 saturated heterocycles. The Morgan fingerprint density at radius 3 is 2.58 bits per heavy atom. The number of benzene rings is 2. The number of carbonyl (C=O) groups excluding carboxylic acids is 2. The Hall–Kier alpha value is -2.60. The number of nitrogens with two attached hydrogens (primary N) is 1. The molecule has 0 spiro atoms. The first-order valence-electron chi connectivity index (χ1n) is 8.07. The first-order valence-corrected chi connectivity index (χ1v) is 8.45. The summed E-state index contributed by atoms with van der Waals surface area (Å²) in [6.45, 7) is 1.94. The Kier molecular flexibility index (Phi) is 6.58. The number of rotatable bonds is 6. The lowest BCUT2D eigenvalue weighted by molar-refractivity contribution is -0.130. The van der Waals surface area contributed by atoms with Gasteiger partial charge in [0.05, 0.1) is 12.5 Å². The van der Waals surface area contributed by atoms with Crippen LogP contribution in [0.5, 0.6) is 0 Å². The van der Waals surface area contributed by atoms with Gasteiger partial charge in [-0.3, -0.25) is 4.79 Å². The summed E-state index contributed by atoms with van der Waals surface area (Å²) in [6, 6.07) is 10.5. The zero-order valence-electron chi connectivity index (χ0n) is 14.6. The van der Waals surface area contributed by atoms with Crippen LogP contribution < -0.4 is 11.1 Å². The van der Waals surface area contributed by atoms with Crippen LogP contribution in [0, 0.1) is 12.7 Å². The predicted octanol–water partition coefficient (Wildman–Crippen LogP) is 3.55. The van der Waals surface area contributed by atoms with E-state index in [-0.39, 0.29) is 29.5 Å². The molecule has 7 heteroatoms. The molecule has 0 fully saturated rings. The van der Waals surface area contributed by atoms with Crippen LogP contribution in [0.25, 0.3) is 0 Å². The summed E-state index contributed by atoms with van der Waals surface area (Å²) in [7, 11) is 1.56. The van der Waals surface area contributed by atoms with E-state index < -0.39 is 17.9 Å². The molecule has 1 atom stereocenters. The van der Waals surface area contributed by atoms with Crippen molar-refractivity contribution in [3.05, 3.63) is 70.0 Å². The third kappa shape index (κ3) is 5.20. The van der Waals surface area contributed by atoms with Crippen molar-refractivity contribution < 1.29 is 14.0 Å². The molecule has 2 aromatic rings. The molecule has 0 aliphatic rings. The Bertz CT molecular complexity index is 793. The van der Waals surface area contributed by atoms with Crippen molar-refractivity contribution in [1.82, 2.24) is 10.2 Å². The van der Waals surface area contributed by atoms with Gasteiger partial charge in [0.2, 0.25) is 5.91 Å². The van der Waals surface area contributed by atoms with Crippen LogP contribution >= 0.6 is 11.6 Å². The van der Waals surface area contributed by atoms with E-state index in [1.54, 1.807) is 13.1 Å². The third-order valence-corrected chi connectivity index (χ3v) is 4.38. The van der Waals surface area contributed by atoms with Gasteiger partial charge in [-0.05, 0) is 24.6 Å². The molecule has 138 valence electrons. The molecule has 0 bridgehead atoms. The van der Waals surface area contributed by atoms with Crippen LogP contribution in [0.2, 0.25) is 5.02 Å². The number of halogens is 2. The molecule has 0 aliphatic heterocycles. The largest absolute Gasteiger partial charge is 0.352 e. The second-order valence-corrected chi connectivity index (χ2v) is 6.54. The maximum absolute atomic E-state index is 13.9. The highest BCUT2D eigenvalue weighted by Crippen LogP contribution is 2.23. The number of hydrogen-bond acceptors (Lipinski definition) is 2. The molecular weight excluding hydrogens is 357 g/mol. The monoisotopic (exact) mass is 377 g/mol. The summed E-state index contributed by atoms with van der Waals surface area (Å²) in [5, 5.41) is 2.85. The van der Waals surface area contributed by atoms with Gasteiger partial charge in [0.15, 0.2) is 0 Å². The molecule has 0 heterocycles. The van der Waals surface area contributed by atoms with Gasteiger partial charge in [0, 0.05) is 24.2 Å². The minimum Gasteiger partial charge on any atom is -0.352 e. The van der Waals surface area contributed by atoms with Gasteiger partial charge in [0.1, 0.15) is 5.82 Å². The zero-order chi connectivity index (χ0) is 19.3. The molecule has 0 radical (unpaired) electrons. The number of urea groups is 1. The molecule has 0 aliphatic carbocycles. The van der Waals surface area contributed by atoms with Crippen molar-refractivity contribution in [1.29, 1.82) is 0 Å². The number of carbonyl (C=O) groups is 2. The fourth-order valence-electron chi connectivity index (χ4n) is 2.65. The predicted molar refractivity (Wildman–Crippen MR) is 99.1 cm³/mol. The summed E-state index contributed by atoms with van der Waals surface area (Å²) in [4.78, 5) is 25.3. The number of aryl methyl sites for hydroxylation is 1. The lowest BCUT2D eigenvalue weighted by atomic mass is 10.0. The Morgan fingerprint density at radius 2 is 1.96 bits per heavy atom. The minimum absolute atomic E-state index is 0.00500. The molecule has 3 amide bonds. The van der Waals surface area contributed by atoms with Crippen LogP contribution in [0.3, 0.4) is 0 Å². The van der Waals surface area contributed by atoms with E-state index >= 15 is 0 Å². The van der Waals surface area contributed by atoms with Gasteiger partial charge < -0.3 is 16.0 Å². The zero-order valence-corrected chi connectivity index (χ0v) is 15.4. The van der Waals surface area contributed by atoms with Crippen molar-refractivity contribution >= 4 is 23.5 Å². The van der Waals surface area contributed by atoms with Crippen LogP contribution in [-0.4, -0.2) is 23.9 Å². The quantitative estimate of drug-likeness (QED) is 0.807. The van der Waals surface area contributed by atoms with Gasteiger partial charge in [-0.25, -0.2) is 9.18 Å². The molecule has 2 rings (SSSR count). The van der Waals surface area contributed by atoms with Crippen molar-refractivity contribution in [3.63, 3.8) is 0 Å². The molecule has 26 heavy (non-hydrogen) atoms. The summed E-state index contributed by atoms with van der Waals surface area (Å²) in [5.41, 5.74) is 7.26. The fourth-order valence-corrected chi connectivity index (χ4v) is 2.87. The van der Waals surface area contributed by atoms with Crippen LogP contribution in [0.1, 0.15) is 29.2 Å². The van der Waals surface area contributed by atoms with Crippen molar-refractivity contribution in [3.8, 4) is 0 Å². The van der Waals surface area contributed by atoms with Crippen molar-refractivity contribution in [2.24, 2.45) is 5.73 Å². The van der Waals surface area contributed by atoms with Gasteiger partial charge in [-0.15, -0.1) is 0 Å². The van der Waals surface area contributed by atoms with E-state index in [1.807, 2.05) is 31.2 Å². The second kappa shape index (κ2) is 8.67. The minimum atomic E-state index is -0.718. The lowest BCUT2D eigenvalue weighted by Crippen LogP contribution is -2.37. The van der Waals surface area contributed by atoms with Crippen LogP contribution in [0.4, 0.5) is 9.18 Å². The maximum Gasteiger partial charge on any atom is 0.312 e. The Morgan fingerprint density at radius 1 is 1.27 bits per heavy atom. The molecule has 0 saturated carbocycles. The highest BCUT2D eigenvalue weighted by atomic mass is 35.5. The Labute approximate surface area is 156 Å². The first kappa shape index (κ1) is 19.7. The SMILES string of the molecule is Cc1cccc(C(CC(=O)N(C)Cc2c(F)cccc2Cl)NC(N)=O)c1. The molecule has 1 unspecified atom stereocenters. The third-order valence-electron chi connectivity index (χ3n) is 4.02. The van der Waals surface area contributed by atoms with Gasteiger partial charge in [-0.2, -0.15) is 0 Å². The normalized spacial score (nSPS) is 11.7. The average Bonchev–Trinajstić information content (AvgIpc) is 2.57. The summed E-state index contributed by atoms with van der Waals surface area (Å²) >= 11 is 6.01. The van der Waals surface area contributed by atoms with Crippen molar-refractivity contribution in [2.75, 3.05) is 7.05 Å². The van der Waals surface area contributed by atoms with Gasteiger partial charge in [0.25, 0.3) is 0 Å². The standard InChI is InChI=1S/C19H21ClFN3O2/c1-12-5-3-6-13(9-12)17(23-19(22)26)10-18(25)24(2)11-14-15(20)7-4-8-16(14)21/h3-9,17H,10-11H2,1-2H3,(H3,22,23,26). The average molecular weight is 378 g/mol.